The van der Waals surface area contributed by atoms with E-state index in [0.717, 1.165) is 71.5 Å². The Bertz CT molecular complexity index is 5560. The molecule has 9 rings (SSSR count). The predicted molar refractivity (Wildman–Crippen MR) is 560 cm³/mol. The lowest BCUT2D eigenvalue weighted by Gasteiger charge is -2.33. The van der Waals surface area contributed by atoms with E-state index in [-0.39, 0.29) is 132 Å². The molecule has 0 spiro atoms. The van der Waals surface area contributed by atoms with Gasteiger partial charge in [-0.25, -0.2) is 78.7 Å². The molecule has 3 aliphatic rings. The summed E-state index contributed by atoms with van der Waals surface area (Å²) in [6, 6.07) is 22.1. The number of hydrogen-bond donors (Lipinski definition) is 11. The summed E-state index contributed by atoms with van der Waals surface area (Å²) in [4.78, 5) is 109. The normalized spacial score (nSPS) is 16.5. The smallest absolute Gasteiger partial charge is 0.408 e. The number of nitrogens with two attached hydrogens (primary N) is 3. The second kappa shape index (κ2) is 62.1. The lowest BCUT2D eigenvalue weighted by molar-refractivity contribution is -0.135. The van der Waals surface area contributed by atoms with Gasteiger partial charge in [-0.1, -0.05) is 174 Å². The Labute approximate surface area is 879 Å². The molecule has 0 aromatic heterocycles. The molecule has 34 nitrogen and oxygen atoms in total. The molecule has 3 fully saturated rings. The third-order valence-electron chi connectivity index (χ3n) is 26.4. The number of sulfonamides is 1. The number of nitrogens with zero attached hydrogens (tertiary/aromatic N) is 4. The third kappa shape index (κ3) is 42.9. The number of piperidine rings is 1. The molecule has 0 radical (unpaired) electrons. The van der Waals surface area contributed by atoms with Crippen LogP contribution in [0.5, 0.6) is 0 Å². The molecule has 11 atom stereocenters. The van der Waals surface area contributed by atoms with Crippen LogP contribution < -0.4 is 43.8 Å². The SMILES string of the molecule is CCCC(CCC)S(=O)(=O)CC(NC(=O)OC1CCN(S(C)(=O)=O)CC1)C(=O)N(Cc1cccc(CC)c1)C[C@@H](O)[C@@H](N)Cc1cc(F)cc(F)c1.CCCC(CCC)S(=O)(=O)CC(NC(=O)OC[C@@H]1CCC(=O)N1)C(=O)N(Cc1cccc(CC)c1)C[C@@H](O)[C@@H](N)Cc1cc(F)cc(F)c1.CCCC(CCC)S(=O)(=O)CC(NC(=O)OC[C@H]1CCC(=O)N1)C(=O)N(Cc1cccc(CC)c1)C[C@@H](O)[C@@H](N)Cc1cc(F)cc(F)c1. The van der Waals surface area contributed by atoms with Crippen LogP contribution in [0.1, 0.15) is 228 Å². The summed E-state index contributed by atoms with van der Waals surface area (Å²) in [5.74, 6) is -9.68. The molecule has 0 saturated carbocycles. The van der Waals surface area contributed by atoms with Gasteiger partial charge in [-0.2, -0.15) is 0 Å². The number of ether oxygens (including phenoxy) is 3. The van der Waals surface area contributed by atoms with Gasteiger partial charge in [0.2, 0.25) is 39.6 Å². The van der Waals surface area contributed by atoms with Crippen LogP contribution in [0.3, 0.4) is 0 Å². The minimum atomic E-state index is -3.95. The van der Waals surface area contributed by atoms with Crippen LogP contribution in [0.4, 0.5) is 40.7 Å². The minimum absolute atomic E-state index is 0.0558. The maximum Gasteiger partial charge on any atom is 0.408 e. The zero-order chi connectivity index (χ0) is 111. The van der Waals surface area contributed by atoms with Crippen molar-refractivity contribution in [1.82, 2.24) is 45.6 Å². The number of aliphatic hydroxyl groups is 3. The van der Waals surface area contributed by atoms with Gasteiger partial charge in [0, 0.05) is 102 Å². The van der Waals surface area contributed by atoms with E-state index in [9.17, 15) is 114 Å². The van der Waals surface area contributed by atoms with Crippen LogP contribution in [0.2, 0.25) is 0 Å². The number of aryl methyl sites for hydroxylation is 3. The summed E-state index contributed by atoms with van der Waals surface area (Å²) in [6.45, 7) is 15.7. The van der Waals surface area contributed by atoms with E-state index in [1.165, 1.54) is 19.0 Å². The molecule has 44 heteroatoms. The molecule has 3 heterocycles. The van der Waals surface area contributed by atoms with Gasteiger partial charge in [-0.15, -0.1) is 0 Å². The van der Waals surface area contributed by atoms with Crippen molar-refractivity contribution in [3.05, 3.63) is 212 Å². The number of hydrogen-bond acceptors (Lipinski definition) is 25. The second-order valence-corrected chi connectivity index (χ2v) is 48.0. The highest BCUT2D eigenvalue weighted by molar-refractivity contribution is 7.92. The zero-order valence-corrected chi connectivity index (χ0v) is 90.7. The van der Waals surface area contributed by atoms with Crippen molar-refractivity contribution in [1.29, 1.82) is 0 Å². The Morgan fingerprint density at radius 2 is 0.653 bits per heavy atom. The van der Waals surface area contributed by atoms with E-state index < -0.39 is 223 Å². The van der Waals surface area contributed by atoms with Crippen molar-refractivity contribution >= 4 is 87.4 Å². The van der Waals surface area contributed by atoms with E-state index in [4.69, 9.17) is 31.4 Å². The number of alkyl carbamates (subject to hydrolysis) is 3. The Morgan fingerprint density at radius 1 is 0.393 bits per heavy atom. The monoisotopic (exact) mass is 2190 g/mol. The van der Waals surface area contributed by atoms with E-state index in [1.54, 1.807) is 18.2 Å². The maximum absolute atomic E-state index is 14.5. The van der Waals surface area contributed by atoms with Gasteiger partial charge >= 0.3 is 18.3 Å². The fourth-order valence-corrected chi connectivity index (χ4v) is 25.7. The third-order valence-corrected chi connectivity index (χ3v) is 34.6. The quantitative estimate of drug-likeness (QED) is 0.0125. The van der Waals surface area contributed by atoms with E-state index in [1.807, 2.05) is 117 Å². The average Bonchev–Trinajstić information content (AvgIpc) is 1.09. The topological polar surface area (TPSA) is 513 Å². The van der Waals surface area contributed by atoms with Crippen LogP contribution >= 0.6 is 0 Å². The largest absolute Gasteiger partial charge is 0.447 e. The highest BCUT2D eigenvalue weighted by Crippen LogP contribution is 2.28. The number of rotatable bonds is 57. The number of nitrogens with one attached hydrogen (secondary N) is 5. The molecular weight excluding hydrogens is 2040 g/mol. The fraction of sp³-hybridized carbons (Fsp3) is 0.585. The predicted octanol–water partition coefficient (Wildman–Crippen LogP) is 10.8. The minimum Gasteiger partial charge on any atom is -0.447 e. The Balaban J connectivity index is 0.000000304. The molecule has 0 aliphatic carbocycles. The number of carbonyl (C=O) groups excluding carboxylic acids is 8. The zero-order valence-electron chi connectivity index (χ0n) is 87.5. The lowest BCUT2D eigenvalue weighted by Crippen LogP contribution is -2.55. The Kier molecular flexibility index (Phi) is 52.3. The van der Waals surface area contributed by atoms with Crippen molar-refractivity contribution in [2.45, 2.75) is 325 Å². The lowest BCUT2D eigenvalue weighted by atomic mass is 10.0. The summed E-state index contributed by atoms with van der Waals surface area (Å²) < 4.78 is 207. The highest BCUT2D eigenvalue weighted by Gasteiger charge is 2.42. The molecule has 3 unspecified atom stereocenters. The first-order chi connectivity index (χ1) is 70.9. The summed E-state index contributed by atoms with van der Waals surface area (Å²) in [5, 5.41) is 44.2. The summed E-state index contributed by atoms with van der Waals surface area (Å²) in [5.41, 5.74) is 24.4. The first-order valence-corrected chi connectivity index (χ1v) is 58.7. The summed E-state index contributed by atoms with van der Waals surface area (Å²) >= 11 is 0. The van der Waals surface area contributed by atoms with Crippen LogP contribution in [-0.4, -0.2) is 274 Å². The van der Waals surface area contributed by atoms with E-state index >= 15 is 0 Å². The Morgan fingerprint density at radius 3 is 0.893 bits per heavy atom. The van der Waals surface area contributed by atoms with Crippen LogP contribution in [-0.2, 0) is 136 Å². The molecule has 3 aliphatic heterocycles. The number of benzene rings is 6. The van der Waals surface area contributed by atoms with Crippen molar-refractivity contribution < 1.29 is 128 Å². The first kappa shape index (κ1) is 126. The number of amides is 8. The van der Waals surface area contributed by atoms with Gasteiger partial charge in [0.1, 0.15) is 72.3 Å². The second-order valence-electron chi connectivity index (χ2n) is 39.1. The summed E-state index contributed by atoms with van der Waals surface area (Å²) in [6.07, 6.45) is 2.66. The van der Waals surface area contributed by atoms with Crippen LogP contribution in [0.25, 0.3) is 0 Å². The van der Waals surface area contributed by atoms with Crippen LogP contribution in [0, 0.1) is 34.9 Å². The van der Waals surface area contributed by atoms with Gasteiger partial charge in [0.05, 0.1) is 69.7 Å². The van der Waals surface area contributed by atoms with Gasteiger partial charge in [0.15, 0.2) is 29.5 Å². The number of halogens is 6. The van der Waals surface area contributed by atoms with Gasteiger partial charge in [-0.05, 0) is 189 Å². The molecule has 14 N–H and O–H groups in total. The summed E-state index contributed by atoms with van der Waals surface area (Å²) in [7, 11) is -15.2. The number of sulfone groups is 3. The molecule has 8 amide bonds. The first-order valence-electron chi connectivity index (χ1n) is 51.7. The Hall–Kier alpha value is -10.4. The van der Waals surface area contributed by atoms with Gasteiger partial charge in [-0.3, -0.25) is 24.0 Å². The molecular formula is C106H154F6N12O22S4. The van der Waals surface area contributed by atoms with Crippen molar-refractivity contribution in [2.24, 2.45) is 17.2 Å². The van der Waals surface area contributed by atoms with Crippen molar-refractivity contribution in [3.8, 4) is 0 Å². The molecule has 6 aromatic rings. The van der Waals surface area contributed by atoms with E-state index in [0.29, 0.717) is 132 Å². The highest BCUT2D eigenvalue weighted by atomic mass is 32.2. The average molecular weight is 2190 g/mol. The molecule has 0 bridgehead atoms. The van der Waals surface area contributed by atoms with E-state index in [2.05, 4.69) is 26.6 Å². The fourth-order valence-electron chi connectivity index (χ4n) is 18.4. The maximum atomic E-state index is 14.5. The van der Waals surface area contributed by atoms with Gasteiger partial charge in [0.25, 0.3) is 0 Å². The van der Waals surface area contributed by atoms with Crippen molar-refractivity contribution in [3.63, 3.8) is 0 Å². The standard InChI is InChI=1S/C36H54F2N4O8S2.2C35H50F2N4O7S/c1-5-9-31(10-6-2)52(48,49)24-33(40-36(45)50-30-13-15-42(16-14-30)51(4,46)47)35(44)41(22-26-12-8-11-25(7-3)17-26)23-34(43)32(39)20-27-18-28(37)21-29(38)19-27;2*1-4-8-29(9-5-2)49(46,47)22-31(40-35(45)48-21-28-12-13-33(43)39-28)34(44)41(19-24-11-7-10-23(6-3)14-24)20-32(42)30(38)17-25-15-26(36)18-27(37)16-25/h8,11-12,17-19,21,30-34,43H,5-7,9-10,13-16,20,22-24,39H2,1-4H3,(H,40,45);2*7,10-11,14-16,18,28-32,42H,4-6,8-9,12-13,17,19-22,38H2,1-3H3,(H,39,43)(H,40,45)/t32-,33?,34+;28-,30+,31?,32-;28-,30-,31?,32+/m010/s1. The van der Waals surface area contributed by atoms with Gasteiger partial charge < -0.3 is 88.0 Å². The molecule has 3 saturated heterocycles. The van der Waals surface area contributed by atoms with Crippen molar-refractivity contribution in [2.75, 3.05) is 69.5 Å². The van der Waals surface area contributed by atoms with Crippen LogP contribution in [0.15, 0.2) is 127 Å². The number of aliphatic hydroxyl groups excluding tert-OH is 3. The molecule has 6 aromatic carbocycles. The number of carbonyl (C=O) groups is 8. The molecule has 150 heavy (non-hydrogen) atoms. The molecule has 836 valence electrons.